The van der Waals surface area contributed by atoms with Crippen LogP contribution in [0.5, 0.6) is 0 Å². The molecule has 0 bridgehead atoms. The topological polar surface area (TPSA) is 74.6 Å². The molecule has 170 valence electrons. The van der Waals surface area contributed by atoms with Crippen molar-refractivity contribution in [1.29, 1.82) is 0 Å². The third-order valence-corrected chi connectivity index (χ3v) is 6.83. The molecule has 0 amide bonds. The number of unbranched alkanes of at least 4 members (excludes halogenated alkanes) is 5. The summed E-state index contributed by atoms with van der Waals surface area (Å²) in [6.45, 7) is 14.6. The number of aliphatic carboxylic acids is 2. The van der Waals surface area contributed by atoms with Gasteiger partial charge in [-0.2, -0.15) is 0 Å². The van der Waals surface area contributed by atoms with Gasteiger partial charge in [-0.15, -0.1) is 0 Å². The van der Waals surface area contributed by atoms with Crippen LogP contribution in [0.1, 0.15) is 113 Å². The number of carboxylic acid groups (broad SMARTS) is 2. The van der Waals surface area contributed by atoms with Crippen molar-refractivity contribution in [3.8, 4) is 0 Å². The largest absolute Gasteiger partial charge is 0.481 e. The molecule has 0 aromatic heterocycles. The van der Waals surface area contributed by atoms with Crippen LogP contribution in [-0.4, -0.2) is 22.2 Å². The van der Waals surface area contributed by atoms with Crippen molar-refractivity contribution >= 4 is 11.9 Å². The zero-order chi connectivity index (χ0) is 22.6. The van der Waals surface area contributed by atoms with Crippen LogP contribution in [0.3, 0.4) is 0 Å². The van der Waals surface area contributed by atoms with Crippen LogP contribution in [0.25, 0.3) is 0 Å². The first-order valence-electron chi connectivity index (χ1n) is 11.7. The highest BCUT2D eigenvalue weighted by Crippen LogP contribution is 2.50. The van der Waals surface area contributed by atoms with Crippen molar-refractivity contribution in [3.63, 3.8) is 0 Å². The summed E-state index contributed by atoms with van der Waals surface area (Å²) in [5.74, 6) is -1.20. The van der Waals surface area contributed by atoms with Crippen molar-refractivity contribution in [2.75, 3.05) is 0 Å². The highest BCUT2D eigenvalue weighted by molar-refractivity contribution is 5.87. The number of carbonyl (C=O) groups is 2. The number of hydrogen-bond donors (Lipinski definition) is 2. The predicted octanol–water partition coefficient (Wildman–Crippen LogP) is 7.33. The van der Waals surface area contributed by atoms with Crippen LogP contribution < -0.4 is 0 Å². The molecule has 0 aliphatic rings. The summed E-state index contributed by atoms with van der Waals surface area (Å²) in [6.07, 6.45) is 10.1. The van der Waals surface area contributed by atoms with E-state index in [4.69, 9.17) is 5.11 Å². The van der Waals surface area contributed by atoms with Gasteiger partial charge in [0.1, 0.15) is 0 Å². The van der Waals surface area contributed by atoms with E-state index in [9.17, 15) is 14.7 Å². The lowest BCUT2D eigenvalue weighted by Gasteiger charge is -2.45. The maximum Gasteiger partial charge on any atom is 0.331 e. The Balaban J connectivity index is 5.61. The minimum absolute atomic E-state index is 0.153. The molecule has 4 nitrogen and oxygen atoms in total. The molecular weight excluding hydrogens is 364 g/mol. The summed E-state index contributed by atoms with van der Waals surface area (Å²) in [5, 5.41) is 18.9. The highest BCUT2D eigenvalue weighted by atomic mass is 16.4. The van der Waals surface area contributed by atoms with E-state index in [2.05, 4.69) is 34.6 Å². The van der Waals surface area contributed by atoms with Crippen molar-refractivity contribution in [2.45, 2.75) is 113 Å². The molecule has 0 saturated carbocycles. The van der Waals surface area contributed by atoms with E-state index in [1.807, 2.05) is 0 Å². The van der Waals surface area contributed by atoms with E-state index in [0.717, 1.165) is 44.1 Å². The normalized spacial score (nSPS) is 14.2. The first kappa shape index (κ1) is 27.7. The Morgan fingerprint density at radius 2 is 1.38 bits per heavy atom. The minimum atomic E-state index is -0.807. The quantitative estimate of drug-likeness (QED) is 0.206. The molecule has 0 saturated heterocycles. The smallest absolute Gasteiger partial charge is 0.331 e. The first-order chi connectivity index (χ1) is 13.5. The van der Waals surface area contributed by atoms with E-state index in [0.29, 0.717) is 23.8 Å². The van der Waals surface area contributed by atoms with Gasteiger partial charge in [0.25, 0.3) is 0 Å². The number of hydrogen-bond acceptors (Lipinski definition) is 2. The van der Waals surface area contributed by atoms with Gasteiger partial charge in [-0.1, -0.05) is 85.6 Å². The fraction of sp³-hybridized carbons (Fsp3) is 0.840. The molecule has 0 aliphatic carbocycles. The lowest BCUT2D eigenvalue weighted by atomic mass is 9.59. The van der Waals surface area contributed by atoms with Crippen molar-refractivity contribution in [1.82, 2.24) is 0 Å². The maximum absolute atomic E-state index is 11.9. The van der Waals surface area contributed by atoms with Crippen LogP contribution in [0.15, 0.2) is 11.1 Å². The third-order valence-electron chi connectivity index (χ3n) is 6.83. The molecule has 1 unspecified atom stereocenters. The zero-order valence-corrected chi connectivity index (χ0v) is 20.0. The molecule has 29 heavy (non-hydrogen) atoms. The van der Waals surface area contributed by atoms with E-state index < -0.39 is 11.9 Å². The van der Waals surface area contributed by atoms with Gasteiger partial charge < -0.3 is 10.2 Å². The molecule has 0 fully saturated rings. The van der Waals surface area contributed by atoms with E-state index in [1.165, 1.54) is 19.3 Å². The number of rotatable bonds is 16. The Hall–Kier alpha value is -1.32. The van der Waals surface area contributed by atoms with Gasteiger partial charge in [-0.25, -0.2) is 4.79 Å². The second-order valence-corrected chi connectivity index (χ2v) is 9.41. The van der Waals surface area contributed by atoms with Crippen LogP contribution in [0.2, 0.25) is 0 Å². The van der Waals surface area contributed by atoms with Gasteiger partial charge >= 0.3 is 11.9 Å². The summed E-state index contributed by atoms with van der Waals surface area (Å²) in [7, 11) is 0. The molecule has 0 rings (SSSR count). The van der Waals surface area contributed by atoms with Gasteiger partial charge in [-0.05, 0) is 49.9 Å². The number of allylic oxidation sites excluding steroid dienone is 1. The van der Waals surface area contributed by atoms with Crippen molar-refractivity contribution in [3.05, 3.63) is 11.1 Å². The molecule has 0 heterocycles. The molecule has 0 radical (unpaired) electrons. The van der Waals surface area contributed by atoms with Gasteiger partial charge in [0.15, 0.2) is 0 Å². The van der Waals surface area contributed by atoms with Gasteiger partial charge in [-0.3, -0.25) is 4.79 Å². The maximum atomic E-state index is 11.9. The standard InChI is InChI=1S/C25H46O4/c1-8-9-10-11-12-16-22(21(7)24(28)29)25(18(2)3,19(4)5)17-14-13-15-20(6)23(26)27/h18-20H,8-17H2,1-7H3,(H,26,27)(H,28,29). The molecule has 4 heteroatoms. The summed E-state index contributed by atoms with van der Waals surface area (Å²) in [5.41, 5.74) is 1.49. The van der Waals surface area contributed by atoms with E-state index in [-0.39, 0.29) is 11.3 Å². The second kappa shape index (κ2) is 13.8. The first-order valence-corrected chi connectivity index (χ1v) is 11.7. The van der Waals surface area contributed by atoms with Crippen LogP contribution in [-0.2, 0) is 9.59 Å². The van der Waals surface area contributed by atoms with Crippen molar-refractivity contribution < 1.29 is 19.8 Å². The summed E-state index contributed by atoms with van der Waals surface area (Å²) < 4.78 is 0. The zero-order valence-electron chi connectivity index (χ0n) is 20.0. The molecule has 1 atom stereocenters. The van der Waals surface area contributed by atoms with Gasteiger partial charge in [0.05, 0.1) is 5.92 Å². The fourth-order valence-corrected chi connectivity index (χ4v) is 4.89. The Bertz CT molecular complexity index is 523. The van der Waals surface area contributed by atoms with Crippen LogP contribution in [0.4, 0.5) is 0 Å². The predicted molar refractivity (Wildman–Crippen MR) is 121 cm³/mol. The molecule has 2 N–H and O–H groups in total. The molecule has 0 aliphatic heterocycles. The summed E-state index contributed by atoms with van der Waals surface area (Å²) in [4.78, 5) is 23.0. The SMILES string of the molecule is CCCCCCCC(=C(C)C(=O)O)C(CCCCC(C)C(=O)O)(C(C)C)C(C)C. The molecular formula is C25H46O4. The lowest BCUT2D eigenvalue weighted by molar-refractivity contribution is -0.141. The Labute approximate surface area is 179 Å². The second-order valence-electron chi connectivity index (χ2n) is 9.41. The van der Waals surface area contributed by atoms with Crippen LogP contribution >= 0.6 is 0 Å². The van der Waals surface area contributed by atoms with Crippen LogP contribution in [0, 0.1) is 23.2 Å². The highest BCUT2D eigenvalue weighted by Gasteiger charge is 2.41. The minimum Gasteiger partial charge on any atom is -0.481 e. The van der Waals surface area contributed by atoms with Gasteiger partial charge in [0, 0.05) is 5.57 Å². The lowest BCUT2D eigenvalue weighted by Crippen LogP contribution is -2.37. The molecule has 0 aromatic rings. The third kappa shape index (κ3) is 8.52. The Morgan fingerprint density at radius 3 is 1.83 bits per heavy atom. The fourth-order valence-electron chi connectivity index (χ4n) is 4.89. The van der Waals surface area contributed by atoms with E-state index in [1.54, 1.807) is 13.8 Å². The summed E-state index contributed by atoms with van der Waals surface area (Å²) >= 11 is 0. The Kier molecular flexibility index (Phi) is 13.2. The van der Waals surface area contributed by atoms with E-state index >= 15 is 0 Å². The molecule has 0 aromatic carbocycles. The monoisotopic (exact) mass is 410 g/mol. The number of carboxylic acids is 2. The van der Waals surface area contributed by atoms with Crippen molar-refractivity contribution in [2.24, 2.45) is 23.2 Å². The van der Waals surface area contributed by atoms with Gasteiger partial charge in [0.2, 0.25) is 0 Å². The Morgan fingerprint density at radius 1 is 0.828 bits per heavy atom. The average Bonchev–Trinajstić information content (AvgIpc) is 2.64. The average molecular weight is 411 g/mol. The summed E-state index contributed by atoms with van der Waals surface area (Å²) in [6, 6.07) is 0. The molecule has 0 spiro atoms.